The molecule has 13 nitrogen and oxygen atoms in total. The van der Waals surface area contributed by atoms with E-state index in [1.165, 1.54) is 0 Å². The van der Waals surface area contributed by atoms with Gasteiger partial charge in [0.2, 0.25) is 0 Å². The predicted octanol–water partition coefficient (Wildman–Crippen LogP) is -5.66. The van der Waals surface area contributed by atoms with Crippen molar-refractivity contribution in [2.45, 2.75) is 73.8 Å². The van der Waals surface area contributed by atoms with Crippen LogP contribution in [0.2, 0.25) is 0 Å². The first-order valence-electron chi connectivity index (χ1n) is 8.82. The zero-order valence-corrected chi connectivity index (χ0v) is 14.7. The zero-order chi connectivity index (χ0) is 20.6. The Kier molecular flexibility index (Phi) is 7.20. The lowest BCUT2D eigenvalue weighted by Gasteiger charge is -2.25. The number of rotatable bonds is 7. The highest BCUT2D eigenvalue weighted by Crippen LogP contribution is 2.31. The molecule has 0 aromatic heterocycles. The molecule has 0 aromatic carbocycles. The summed E-state index contributed by atoms with van der Waals surface area (Å²) in [5, 5.41) is 77.2. The van der Waals surface area contributed by atoms with Crippen molar-refractivity contribution in [2.24, 2.45) is 0 Å². The smallest absolute Gasteiger partial charge is 0.187 e. The molecule has 3 saturated heterocycles. The minimum absolute atomic E-state index is 0.351. The highest BCUT2D eigenvalue weighted by atomic mass is 16.8. The predicted molar refractivity (Wildman–Crippen MR) is 83.2 cm³/mol. The number of hydrogen-bond donors (Lipinski definition) is 8. The molecule has 12 unspecified atom stereocenters. The molecule has 12 atom stereocenters. The molecular formula is C15H26O13. The van der Waals surface area contributed by atoms with Crippen molar-refractivity contribution in [1.29, 1.82) is 0 Å². The summed E-state index contributed by atoms with van der Waals surface area (Å²) in [6.45, 7) is -1.48. The van der Waals surface area contributed by atoms with Gasteiger partial charge in [-0.2, -0.15) is 0 Å². The summed E-state index contributed by atoms with van der Waals surface area (Å²) in [5.74, 6) is 0. The highest BCUT2D eigenvalue weighted by Gasteiger charge is 2.51. The lowest BCUT2D eigenvalue weighted by molar-refractivity contribution is -0.216. The maximum Gasteiger partial charge on any atom is 0.187 e. The normalized spacial score (nSPS) is 51.9. The number of ether oxygens (including phenoxy) is 5. The van der Waals surface area contributed by atoms with E-state index >= 15 is 0 Å². The number of aliphatic hydroxyl groups is 8. The molecule has 0 aromatic rings. The standard InChI is InChI=1S/C15H26O13/c16-1-4-7(18)10(21)15(26-4)28-12-5(2-17)27-14(11(12)22)24-3-6-8(19)9(20)13(23)25-6/h4-23H,1-3H2. The molecule has 3 aliphatic heterocycles. The van der Waals surface area contributed by atoms with Crippen LogP contribution in [0.4, 0.5) is 0 Å². The molecule has 164 valence electrons. The molecule has 0 amide bonds. The van der Waals surface area contributed by atoms with E-state index in [1.54, 1.807) is 0 Å². The fourth-order valence-corrected chi connectivity index (χ4v) is 3.35. The molecule has 3 heterocycles. The van der Waals surface area contributed by atoms with Crippen LogP contribution in [0.15, 0.2) is 0 Å². The molecule has 0 bridgehead atoms. The molecular weight excluding hydrogens is 388 g/mol. The van der Waals surface area contributed by atoms with Gasteiger partial charge < -0.3 is 64.5 Å². The van der Waals surface area contributed by atoms with E-state index in [-0.39, 0.29) is 6.61 Å². The van der Waals surface area contributed by atoms with Crippen molar-refractivity contribution >= 4 is 0 Å². The van der Waals surface area contributed by atoms with Crippen molar-refractivity contribution in [2.75, 3.05) is 19.8 Å². The van der Waals surface area contributed by atoms with Crippen molar-refractivity contribution in [3.05, 3.63) is 0 Å². The molecule has 3 aliphatic rings. The van der Waals surface area contributed by atoms with Crippen molar-refractivity contribution in [3.8, 4) is 0 Å². The van der Waals surface area contributed by atoms with Crippen LogP contribution < -0.4 is 0 Å². The fourth-order valence-electron chi connectivity index (χ4n) is 3.35. The van der Waals surface area contributed by atoms with Crippen LogP contribution in [0.3, 0.4) is 0 Å². The molecule has 8 N–H and O–H groups in total. The zero-order valence-electron chi connectivity index (χ0n) is 14.7. The van der Waals surface area contributed by atoms with Crippen molar-refractivity contribution in [1.82, 2.24) is 0 Å². The number of hydrogen-bond acceptors (Lipinski definition) is 13. The van der Waals surface area contributed by atoms with Gasteiger partial charge in [-0.15, -0.1) is 0 Å². The first-order valence-corrected chi connectivity index (χ1v) is 8.82. The lowest BCUT2D eigenvalue weighted by Crippen LogP contribution is -2.44. The Morgan fingerprint density at radius 3 is 1.75 bits per heavy atom. The minimum Gasteiger partial charge on any atom is -0.394 e. The Morgan fingerprint density at radius 2 is 1.21 bits per heavy atom. The van der Waals surface area contributed by atoms with Gasteiger partial charge in [-0.05, 0) is 0 Å². The van der Waals surface area contributed by atoms with E-state index in [0.29, 0.717) is 0 Å². The van der Waals surface area contributed by atoms with E-state index in [9.17, 15) is 35.7 Å². The Balaban J connectivity index is 1.57. The van der Waals surface area contributed by atoms with E-state index in [2.05, 4.69) is 0 Å². The SMILES string of the molecule is OCC1OC(OC2C(CO)OC(OCC3OC(O)C(O)C3O)C2O)C(O)C1O. The molecule has 0 saturated carbocycles. The first kappa shape index (κ1) is 22.2. The van der Waals surface area contributed by atoms with Crippen LogP contribution in [-0.2, 0) is 23.7 Å². The summed E-state index contributed by atoms with van der Waals surface area (Å²) in [6, 6.07) is 0. The van der Waals surface area contributed by atoms with Crippen LogP contribution in [0, 0.1) is 0 Å². The van der Waals surface area contributed by atoms with Crippen LogP contribution in [-0.4, -0.2) is 134 Å². The maximum absolute atomic E-state index is 10.4. The first-order chi connectivity index (χ1) is 13.3. The van der Waals surface area contributed by atoms with Crippen LogP contribution >= 0.6 is 0 Å². The highest BCUT2D eigenvalue weighted by molar-refractivity contribution is 4.93. The molecule has 0 aliphatic carbocycles. The van der Waals surface area contributed by atoms with Crippen molar-refractivity contribution in [3.63, 3.8) is 0 Å². The Labute approximate surface area is 159 Å². The Morgan fingerprint density at radius 1 is 0.607 bits per heavy atom. The van der Waals surface area contributed by atoms with Gasteiger partial charge in [0.1, 0.15) is 54.9 Å². The summed E-state index contributed by atoms with van der Waals surface area (Å²) >= 11 is 0. The Hall–Kier alpha value is -0.520. The second-order valence-corrected chi connectivity index (χ2v) is 6.90. The molecule has 3 fully saturated rings. The van der Waals surface area contributed by atoms with Gasteiger partial charge in [0, 0.05) is 0 Å². The van der Waals surface area contributed by atoms with E-state index < -0.39 is 87.0 Å². The molecule has 0 radical (unpaired) electrons. The lowest BCUT2D eigenvalue weighted by atomic mass is 10.1. The quantitative estimate of drug-likeness (QED) is 0.196. The monoisotopic (exact) mass is 414 g/mol. The van der Waals surface area contributed by atoms with E-state index in [4.69, 9.17) is 28.8 Å². The van der Waals surface area contributed by atoms with Gasteiger partial charge in [-0.1, -0.05) is 0 Å². The second kappa shape index (κ2) is 9.09. The minimum atomic E-state index is -1.58. The molecule has 28 heavy (non-hydrogen) atoms. The topological polar surface area (TPSA) is 208 Å². The average Bonchev–Trinajstić information content (AvgIpc) is 3.23. The van der Waals surface area contributed by atoms with Gasteiger partial charge in [-0.25, -0.2) is 0 Å². The third-order valence-corrected chi connectivity index (χ3v) is 5.02. The molecule has 13 heteroatoms. The van der Waals surface area contributed by atoms with Crippen LogP contribution in [0.25, 0.3) is 0 Å². The largest absolute Gasteiger partial charge is 0.394 e. The summed E-state index contributed by atoms with van der Waals surface area (Å²) in [5.41, 5.74) is 0. The van der Waals surface area contributed by atoms with Gasteiger partial charge in [0.25, 0.3) is 0 Å². The van der Waals surface area contributed by atoms with Gasteiger partial charge >= 0.3 is 0 Å². The Bertz CT molecular complexity index is 508. The van der Waals surface area contributed by atoms with Crippen LogP contribution in [0.5, 0.6) is 0 Å². The second-order valence-electron chi connectivity index (χ2n) is 6.90. The third-order valence-electron chi connectivity index (χ3n) is 5.02. The summed E-state index contributed by atoms with van der Waals surface area (Å²) in [7, 11) is 0. The van der Waals surface area contributed by atoms with Gasteiger partial charge in [-0.3, -0.25) is 0 Å². The van der Waals surface area contributed by atoms with Crippen LogP contribution in [0.1, 0.15) is 0 Å². The fraction of sp³-hybridized carbons (Fsp3) is 1.00. The van der Waals surface area contributed by atoms with Gasteiger partial charge in [0.15, 0.2) is 18.9 Å². The van der Waals surface area contributed by atoms with E-state index in [1.807, 2.05) is 0 Å². The summed E-state index contributed by atoms with van der Waals surface area (Å²) < 4.78 is 26.2. The summed E-state index contributed by atoms with van der Waals surface area (Å²) in [4.78, 5) is 0. The third kappa shape index (κ3) is 4.17. The average molecular weight is 414 g/mol. The molecule has 3 rings (SSSR count). The van der Waals surface area contributed by atoms with Crippen molar-refractivity contribution < 1.29 is 64.5 Å². The molecule has 0 spiro atoms. The van der Waals surface area contributed by atoms with Gasteiger partial charge in [0.05, 0.1) is 19.8 Å². The van der Waals surface area contributed by atoms with E-state index in [0.717, 1.165) is 0 Å². The summed E-state index contributed by atoms with van der Waals surface area (Å²) in [6.07, 6.45) is -15.9. The maximum atomic E-state index is 10.4. The number of aliphatic hydroxyl groups excluding tert-OH is 8.